The van der Waals surface area contributed by atoms with Gasteiger partial charge in [-0.1, -0.05) is 0 Å². The summed E-state index contributed by atoms with van der Waals surface area (Å²) in [5, 5.41) is 4.18. The fourth-order valence-corrected chi connectivity index (χ4v) is 2.17. The van der Waals surface area contributed by atoms with Gasteiger partial charge in [0.1, 0.15) is 0 Å². The lowest BCUT2D eigenvalue weighted by Crippen LogP contribution is -2.45. The second-order valence-electron chi connectivity index (χ2n) is 4.46. The van der Waals surface area contributed by atoms with Crippen molar-refractivity contribution in [3.8, 4) is 0 Å². The van der Waals surface area contributed by atoms with Crippen molar-refractivity contribution in [2.75, 3.05) is 13.1 Å². The lowest BCUT2D eigenvalue weighted by atomic mass is 10.1. The van der Waals surface area contributed by atoms with Gasteiger partial charge in [-0.15, -0.1) is 0 Å². The topological polar surface area (TPSA) is 64.2 Å². The number of carbonyl (C=O) groups excluding carboxylic acids is 1. The van der Waals surface area contributed by atoms with Crippen molar-refractivity contribution in [1.82, 2.24) is 14.7 Å². The number of carbonyl (C=O) groups is 1. The molecule has 0 unspecified atom stereocenters. The molecule has 1 atom stereocenters. The van der Waals surface area contributed by atoms with Crippen LogP contribution in [0.4, 0.5) is 0 Å². The first-order valence-electron chi connectivity index (χ1n) is 5.63. The first-order chi connectivity index (χ1) is 7.58. The number of piperidine rings is 1. The van der Waals surface area contributed by atoms with E-state index in [0.717, 1.165) is 25.1 Å². The Morgan fingerprint density at radius 2 is 2.38 bits per heavy atom. The highest BCUT2D eigenvalue weighted by molar-refractivity contribution is 5.95. The molecule has 2 rings (SSSR count). The Hall–Kier alpha value is -1.36. The lowest BCUT2D eigenvalue weighted by molar-refractivity contribution is 0.0708. The Balaban J connectivity index is 2.15. The van der Waals surface area contributed by atoms with Gasteiger partial charge in [-0.2, -0.15) is 5.10 Å². The van der Waals surface area contributed by atoms with Crippen molar-refractivity contribution in [3.05, 3.63) is 17.5 Å². The van der Waals surface area contributed by atoms with Gasteiger partial charge in [-0.05, 0) is 19.8 Å². The van der Waals surface area contributed by atoms with Gasteiger partial charge >= 0.3 is 0 Å². The Bertz CT molecular complexity index is 399. The van der Waals surface area contributed by atoms with Crippen molar-refractivity contribution < 1.29 is 4.79 Å². The average molecular weight is 222 g/mol. The van der Waals surface area contributed by atoms with Gasteiger partial charge in [-0.25, -0.2) is 0 Å². The molecule has 2 heterocycles. The number of hydrogen-bond donors (Lipinski definition) is 1. The molecule has 0 radical (unpaired) electrons. The molecule has 0 bridgehead atoms. The van der Waals surface area contributed by atoms with Gasteiger partial charge in [0, 0.05) is 32.4 Å². The molecule has 1 aliphatic heterocycles. The van der Waals surface area contributed by atoms with Gasteiger partial charge in [-0.3, -0.25) is 9.48 Å². The SMILES string of the molecule is Cc1nn(C)cc1C(=O)N1CCC[C@@H](N)C1. The van der Waals surface area contributed by atoms with Crippen LogP contribution in [0.5, 0.6) is 0 Å². The zero-order valence-electron chi connectivity index (χ0n) is 9.81. The van der Waals surface area contributed by atoms with Gasteiger partial charge in [0.05, 0.1) is 11.3 Å². The standard InChI is InChI=1S/C11H18N4O/c1-8-10(7-14(2)13-8)11(16)15-5-3-4-9(12)6-15/h7,9H,3-6,12H2,1-2H3/t9-/m1/s1. The van der Waals surface area contributed by atoms with Crippen LogP contribution < -0.4 is 5.73 Å². The molecular weight excluding hydrogens is 204 g/mol. The predicted molar refractivity (Wildman–Crippen MR) is 61.1 cm³/mol. The summed E-state index contributed by atoms with van der Waals surface area (Å²) in [6.45, 7) is 3.32. The van der Waals surface area contributed by atoms with Crippen LogP contribution in [0.2, 0.25) is 0 Å². The van der Waals surface area contributed by atoms with Gasteiger partial charge < -0.3 is 10.6 Å². The minimum Gasteiger partial charge on any atom is -0.337 e. The normalized spacial score (nSPS) is 21.2. The maximum Gasteiger partial charge on any atom is 0.257 e. The van der Waals surface area contributed by atoms with E-state index in [1.807, 2.05) is 18.9 Å². The maximum absolute atomic E-state index is 12.2. The maximum atomic E-state index is 12.2. The molecule has 1 saturated heterocycles. The molecule has 0 aromatic carbocycles. The molecule has 1 aromatic heterocycles. The van der Waals surface area contributed by atoms with E-state index in [-0.39, 0.29) is 11.9 Å². The minimum absolute atomic E-state index is 0.0563. The second kappa shape index (κ2) is 4.25. The van der Waals surface area contributed by atoms with E-state index in [0.29, 0.717) is 12.1 Å². The van der Waals surface area contributed by atoms with Crippen LogP contribution in [0.3, 0.4) is 0 Å². The van der Waals surface area contributed by atoms with E-state index in [1.165, 1.54) is 0 Å². The van der Waals surface area contributed by atoms with Gasteiger partial charge in [0.25, 0.3) is 5.91 Å². The van der Waals surface area contributed by atoms with Crippen LogP contribution in [0.15, 0.2) is 6.20 Å². The molecule has 1 fully saturated rings. The van der Waals surface area contributed by atoms with Crippen molar-refractivity contribution >= 4 is 5.91 Å². The highest BCUT2D eigenvalue weighted by Crippen LogP contribution is 2.14. The monoisotopic (exact) mass is 222 g/mol. The minimum atomic E-state index is 0.0563. The van der Waals surface area contributed by atoms with Gasteiger partial charge in [0.15, 0.2) is 0 Å². The molecule has 0 spiro atoms. The van der Waals surface area contributed by atoms with Crippen LogP contribution in [-0.4, -0.2) is 39.7 Å². The number of hydrogen-bond acceptors (Lipinski definition) is 3. The van der Waals surface area contributed by atoms with Crippen molar-refractivity contribution in [2.24, 2.45) is 12.8 Å². The quantitative estimate of drug-likeness (QED) is 0.743. The number of rotatable bonds is 1. The second-order valence-corrected chi connectivity index (χ2v) is 4.46. The molecule has 2 N–H and O–H groups in total. The summed E-state index contributed by atoms with van der Waals surface area (Å²) in [7, 11) is 1.83. The summed E-state index contributed by atoms with van der Waals surface area (Å²) in [5.74, 6) is 0.0563. The van der Waals surface area contributed by atoms with E-state index in [9.17, 15) is 4.79 Å². The summed E-state index contributed by atoms with van der Waals surface area (Å²) >= 11 is 0. The third kappa shape index (κ3) is 2.09. The van der Waals surface area contributed by atoms with Gasteiger partial charge in [0.2, 0.25) is 0 Å². The number of aryl methyl sites for hydroxylation is 2. The molecule has 0 aliphatic carbocycles. The molecule has 0 saturated carbocycles. The molecule has 5 heteroatoms. The average Bonchev–Trinajstić information content (AvgIpc) is 2.57. The van der Waals surface area contributed by atoms with Crippen LogP contribution in [0.25, 0.3) is 0 Å². The van der Waals surface area contributed by atoms with Crippen LogP contribution in [-0.2, 0) is 7.05 Å². The molecule has 16 heavy (non-hydrogen) atoms. The Morgan fingerprint density at radius 1 is 1.62 bits per heavy atom. The van der Waals surface area contributed by atoms with E-state index < -0.39 is 0 Å². The fraction of sp³-hybridized carbons (Fsp3) is 0.636. The van der Waals surface area contributed by atoms with E-state index >= 15 is 0 Å². The highest BCUT2D eigenvalue weighted by atomic mass is 16.2. The molecule has 1 aromatic rings. The molecule has 1 amide bonds. The summed E-state index contributed by atoms with van der Waals surface area (Å²) in [6, 6.07) is 0.120. The van der Waals surface area contributed by atoms with E-state index in [2.05, 4.69) is 5.10 Å². The summed E-state index contributed by atoms with van der Waals surface area (Å²) in [4.78, 5) is 14.0. The first kappa shape index (κ1) is 11.1. The zero-order chi connectivity index (χ0) is 11.7. The number of amides is 1. The van der Waals surface area contributed by atoms with Crippen LogP contribution in [0, 0.1) is 6.92 Å². The largest absolute Gasteiger partial charge is 0.337 e. The highest BCUT2D eigenvalue weighted by Gasteiger charge is 2.24. The van der Waals surface area contributed by atoms with E-state index in [4.69, 9.17) is 5.73 Å². The molecule has 88 valence electrons. The molecule has 1 aliphatic rings. The summed E-state index contributed by atoms with van der Waals surface area (Å²) in [6.07, 6.45) is 3.78. The first-order valence-corrected chi connectivity index (χ1v) is 5.63. The third-order valence-electron chi connectivity index (χ3n) is 2.99. The van der Waals surface area contributed by atoms with Crippen molar-refractivity contribution in [2.45, 2.75) is 25.8 Å². The Labute approximate surface area is 95.2 Å². The Morgan fingerprint density at radius 3 is 2.94 bits per heavy atom. The number of nitrogens with two attached hydrogens (primary N) is 1. The molecule has 5 nitrogen and oxygen atoms in total. The van der Waals surface area contributed by atoms with E-state index in [1.54, 1.807) is 10.9 Å². The predicted octanol–water partition coefficient (Wildman–Crippen LogP) is 0.292. The van der Waals surface area contributed by atoms with Crippen molar-refractivity contribution in [1.29, 1.82) is 0 Å². The lowest BCUT2D eigenvalue weighted by Gasteiger charge is -2.30. The number of nitrogens with zero attached hydrogens (tertiary/aromatic N) is 3. The summed E-state index contributed by atoms with van der Waals surface area (Å²) < 4.78 is 1.67. The number of aromatic nitrogens is 2. The Kier molecular flexibility index (Phi) is 2.96. The summed E-state index contributed by atoms with van der Waals surface area (Å²) in [5.41, 5.74) is 7.34. The fourth-order valence-electron chi connectivity index (χ4n) is 2.17. The number of likely N-dealkylation sites (tertiary alicyclic amines) is 1. The zero-order valence-corrected chi connectivity index (χ0v) is 9.81. The molecular formula is C11H18N4O. The van der Waals surface area contributed by atoms with Crippen LogP contribution in [0.1, 0.15) is 28.9 Å². The third-order valence-corrected chi connectivity index (χ3v) is 2.99. The van der Waals surface area contributed by atoms with Crippen LogP contribution >= 0.6 is 0 Å². The smallest absolute Gasteiger partial charge is 0.257 e. The van der Waals surface area contributed by atoms with Crippen molar-refractivity contribution in [3.63, 3.8) is 0 Å².